The van der Waals surface area contributed by atoms with Crippen LogP contribution in [0.2, 0.25) is 5.02 Å². The summed E-state index contributed by atoms with van der Waals surface area (Å²) in [5, 5.41) is 10.5. The molecule has 0 aliphatic carbocycles. The van der Waals surface area contributed by atoms with Crippen molar-refractivity contribution in [3.05, 3.63) is 101 Å². The lowest BCUT2D eigenvalue weighted by atomic mass is 10.1. The molecule has 0 bridgehead atoms. The average Bonchev–Trinajstić information content (AvgIpc) is 2.80. The second-order valence-electron chi connectivity index (χ2n) is 6.98. The smallest absolute Gasteiger partial charge is 0.341 e. The number of aliphatic imine (C=N–C) groups is 1. The van der Waals surface area contributed by atoms with E-state index in [1.165, 1.54) is 0 Å². The van der Waals surface area contributed by atoms with E-state index in [1.807, 2.05) is 78.9 Å². The zero-order valence-electron chi connectivity index (χ0n) is 17.0. The Hall–Kier alpha value is -3.96. The number of benzene rings is 3. The van der Waals surface area contributed by atoms with Gasteiger partial charge in [-0.1, -0.05) is 54.1 Å². The monoisotopic (exact) mass is 442 g/mol. The van der Waals surface area contributed by atoms with Crippen LogP contribution in [0.3, 0.4) is 0 Å². The Bertz CT molecular complexity index is 1330. The van der Waals surface area contributed by atoms with Crippen molar-refractivity contribution in [2.24, 2.45) is 4.99 Å². The van der Waals surface area contributed by atoms with E-state index in [-0.39, 0.29) is 0 Å². The molecule has 6 heteroatoms. The van der Waals surface area contributed by atoms with Gasteiger partial charge in [-0.3, -0.25) is 4.99 Å². The van der Waals surface area contributed by atoms with E-state index in [1.54, 1.807) is 18.3 Å². The number of halogens is 1. The first-order valence-corrected chi connectivity index (χ1v) is 10.3. The molecule has 32 heavy (non-hydrogen) atoms. The van der Waals surface area contributed by atoms with E-state index >= 15 is 0 Å². The third kappa shape index (κ3) is 5.59. The van der Waals surface area contributed by atoms with Gasteiger partial charge in [-0.05, 0) is 54.1 Å². The van der Waals surface area contributed by atoms with Gasteiger partial charge < -0.3 is 9.84 Å². The number of rotatable bonds is 7. The van der Waals surface area contributed by atoms with E-state index in [4.69, 9.17) is 21.4 Å². The second-order valence-corrected chi connectivity index (χ2v) is 7.42. The molecule has 0 saturated heterocycles. The number of ether oxygens (including phenoxy) is 1. The fourth-order valence-electron chi connectivity index (χ4n) is 3.09. The first kappa shape index (κ1) is 21.3. The summed E-state index contributed by atoms with van der Waals surface area (Å²) in [7, 11) is 0. The number of aliphatic carboxylic acids is 1. The maximum absolute atomic E-state index is 10.8. The first-order valence-electron chi connectivity index (χ1n) is 9.89. The lowest BCUT2D eigenvalue weighted by Gasteiger charge is -2.06. The Morgan fingerprint density at radius 2 is 1.84 bits per heavy atom. The highest BCUT2D eigenvalue weighted by Crippen LogP contribution is 2.21. The fraction of sp³-hybridized carbons (Fsp3) is 0.0385. The molecule has 0 atom stereocenters. The highest BCUT2D eigenvalue weighted by Gasteiger charge is 2.03. The molecule has 0 amide bonds. The average molecular weight is 443 g/mol. The maximum Gasteiger partial charge on any atom is 0.341 e. The molecule has 0 unspecified atom stereocenters. The Balaban J connectivity index is 1.51. The van der Waals surface area contributed by atoms with Gasteiger partial charge in [0.2, 0.25) is 0 Å². The summed E-state index contributed by atoms with van der Waals surface area (Å²) in [6.07, 6.45) is 5.58. The van der Waals surface area contributed by atoms with Crippen molar-refractivity contribution in [2.75, 3.05) is 6.61 Å². The van der Waals surface area contributed by atoms with Crippen molar-refractivity contribution in [3.8, 4) is 5.75 Å². The third-order valence-corrected chi connectivity index (χ3v) is 4.85. The molecule has 1 heterocycles. The summed E-state index contributed by atoms with van der Waals surface area (Å²) < 4.78 is 5.32. The summed E-state index contributed by atoms with van der Waals surface area (Å²) in [6, 6.07) is 24.5. The molecule has 0 fully saturated rings. The van der Waals surface area contributed by atoms with Crippen LogP contribution in [0.5, 0.6) is 5.75 Å². The van der Waals surface area contributed by atoms with Gasteiger partial charge in [-0.15, -0.1) is 0 Å². The van der Waals surface area contributed by atoms with Crippen LogP contribution >= 0.6 is 11.6 Å². The van der Waals surface area contributed by atoms with Gasteiger partial charge in [-0.2, -0.15) is 0 Å². The Labute approximate surface area is 190 Å². The van der Waals surface area contributed by atoms with E-state index in [0.29, 0.717) is 16.3 Å². The molecular weight excluding hydrogens is 424 g/mol. The number of carboxylic acids is 1. The predicted molar refractivity (Wildman–Crippen MR) is 129 cm³/mol. The van der Waals surface area contributed by atoms with Gasteiger partial charge in [0.25, 0.3) is 0 Å². The van der Waals surface area contributed by atoms with Gasteiger partial charge in [0, 0.05) is 22.2 Å². The standard InChI is InChI=1S/C26H19ClN2O3/c27-21-11-9-19-10-13-22(29-24(19)15-21)12-8-18-4-3-6-23(14-18)28-16-20-5-1-2-7-25(20)32-17-26(30)31/h1-16H,17H2,(H,30,31). The SMILES string of the molecule is O=C(O)COc1ccccc1C=Nc1cccc(C=Cc2ccc3ccc(Cl)cc3n2)c1. The van der Waals surface area contributed by atoms with Crippen molar-refractivity contribution in [1.29, 1.82) is 0 Å². The predicted octanol–water partition coefficient (Wildman–Crippen LogP) is 6.27. The molecule has 5 nitrogen and oxygen atoms in total. The summed E-state index contributed by atoms with van der Waals surface area (Å²) in [4.78, 5) is 19.9. The number of aromatic nitrogens is 1. The quantitative estimate of drug-likeness (QED) is 0.342. The van der Waals surface area contributed by atoms with Crippen molar-refractivity contribution in [1.82, 2.24) is 4.98 Å². The van der Waals surface area contributed by atoms with Crippen molar-refractivity contribution >= 4 is 52.5 Å². The van der Waals surface area contributed by atoms with Crippen LogP contribution < -0.4 is 4.74 Å². The molecular formula is C26H19ClN2O3. The summed E-state index contributed by atoms with van der Waals surface area (Å²) in [5.41, 5.74) is 4.12. The van der Waals surface area contributed by atoms with Crippen LogP contribution in [-0.2, 0) is 4.79 Å². The maximum atomic E-state index is 10.8. The zero-order valence-corrected chi connectivity index (χ0v) is 17.7. The van der Waals surface area contributed by atoms with Gasteiger partial charge >= 0.3 is 5.97 Å². The molecule has 4 aromatic rings. The normalized spacial score (nSPS) is 11.4. The number of hydrogen-bond donors (Lipinski definition) is 1. The Kier molecular flexibility index (Phi) is 6.58. The lowest BCUT2D eigenvalue weighted by molar-refractivity contribution is -0.139. The number of nitrogens with zero attached hydrogens (tertiary/aromatic N) is 2. The molecule has 0 radical (unpaired) electrons. The minimum atomic E-state index is -1.03. The van der Waals surface area contributed by atoms with Gasteiger partial charge in [0.1, 0.15) is 5.75 Å². The molecule has 0 aliphatic rings. The topological polar surface area (TPSA) is 71.8 Å². The largest absolute Gasteiger partial charge is 0.481 e. The molecule has 3 aromatic carbocycles. The third-order valence-electron chi connectivity index (χ3n) is 4.62. The van der Waals surface area contributed by atoms with Crippen LogP contribution in [0.1, 0.15) is 16.8 Å². The van der Waals surface area contributed by atoms with Crippen LogP contribution in [0.4, 0.5) is 5.69 Å². The van der Waals surface area contributed by atoms with E-state index in [0.717, 1.165) is 27.8 Å². The number of pyridine rings is 1. The number of fused-ring (bicyclic) bond motifs is 1. The molecule has 0 spiro atoms. The van der Waals surface area contributed by atoms with Crippen LogP contribution in [0.15, 0.2) is 83.9 Å². The zero-order chi connectivity index (χ0) is 22.3. The van der Waals surface area contributed by atoms with Crippen LogP contribution in [-0.4, -0.2) is 28.9 Å². The Morgan fingerprint density at radius 3 is 2.72 bits per heavy atom. The molecule has 0 saturated carbocycles. The van der Waals surface area contributed by atoms with Crippen LogP contribution in [0, 0.1) is 0 Å². The van der Waals surface area contributed by atoms with E-state index in [2.05, 4.69) is 9.98 Å². The van der Waals surface area contributed by atoms with E-state index < -0.39 is 12.6 Å². The van der Waals surface area contributed by atoms with Crippen molar-refractivity contribution in [3.63, 3.8) is 0 Å². The molecule has 1 N–H and O–H groups in total. The van der Waals surface area contributed by atoms with Gasteiger partial charge in [0.15, 0.2) is 6.61 Å². The minimum absolute atomic E-state index is 0.403. The van der Waals surface area contributed by atoms with E-state index in [9.17, 15) is 4.79 Å². The number of carbonyl (C=O) groups is 1. The number of para-hydroxylation sites is 1. The molecule has 1 aromatic heterocycles. The van der Waals surface area contributed by atoms with Crippen molar-refractivity contribution in [2.45, 2.75) is 0 Å². The van der Waals surface area contributed by atoms with Gasteiger partial charge in [0.05, 0.1) is 16.9 Å². The summed E-state index contributed by atoms with van der Waals surface area (Å²) >= 11 is 6.07. The summed E-state index contributed by atoms with van der Waals surface area (Å²) in [5.74, 6) is -0.558. The first-order chi connectivity index (χ1) is 15.6. The molecule has 158 valence electrons. The Morgan fingerprint density at radius 1 is 1.00 bits per heavy atom. The highest BCUT2D eigenvalue weighted by molar-refractivity contribution is 6.31. The summed E-state index contributed by atoms with van der Waals surface area (Å²) in [6.45, 7) is -0.403. The highest BCUT2D eigenvalue weighted by atomic mass is 35.5. The lowest BCUT2D eigenvalue weighted by Crippen LogP contribution is -2.10. The van der Waals surface area contributed by atoms with Gasteiger partial charge in [-0.25, -0.2) is 9.78 Å². The number of carboxylic acid groups (broad SMARTS) is 1. The van der Waals surface area contributed by atoms with Crippen molar-refractivity contribution < 1.29 is 14.6 Å². The van der Waals surface area contributed by atoms with Crippen LogP contribution in [0.25, 0.3) is 23.1 Å². The fourth-order valence-corrected chi connectivity index (χ4v) is 3.26. The number of hydrogen-bond acceptors (Lipinski definition) is 4. The molecule has 4 rings (SSSR count). The molecule has 0 aliphatic heterocycles. The minimum Gasteiger partial charge on any atom is -0.481 e. The second kappa shape index (κ2) is 9.90.